The highest BCUT2D eigenvalue weighted by molar-refractivity contribution is 5.89. The summed E-state index contributed by atoms with van der Waals surface area (Å²) in [6.07, 6.45) is 1.19. The molecule has 1 aromatic heterocycles. The van der Waals surface area contributed by atoms with Gasteiger partial charge in [-0.15, -0.1) is 5.10 Å². The summed E-state index contributed by atoms with van der Waals surface area (Å²) >= 11 is 0. The van der Waals surface area contributed by atoms with Gasteiger partial charge in [0.25, 0.3) is 0 Å². The van der Waals surface area contributed by atoms with Gasteiger partial charge in [0.15, 0.2) is 5.69 Å². The number of carbonyl (C=O) groups is 2. The fourth-order valence-electron chi connectivity index (χ4n) is 1.43. The molecule has 2 rings (SSSR count). The van der Waals surface area contributed by atoms with Crippen molar-refractivity contribution in [3.8, 4) is 0 Å². The summed E-state index contributed by atoms with van der Waals surface area (Å²) in [5.74, 6) is -1.24. The van der Waals surface area contributed by atoms with E-state index in [0.717, 1.165) is 4.85 Å². The number of nitrogens with zero attached hydrogens (tertiary/aromatic N) is 3. The van der Waals surface area contributed by atoms with Gasteiger partial charge in [0, 0.05) is 0 Å². The first-order chi connectivity index (χ1) is 9.85. The van der Waals surface area contributed by atoms with Crippen LogP contribution in [0.25, 0.3) is 0 Å². The van der Waals surface area contributed by atoms with Gasteiger partial charge in [-0.25, -0.2) is 9.59 Å². The first-order valence-electron chi connectivity index (χ1n) is 6.28. The Bertz CT molecular complexity index is 644. The molecule has 0 atom stereocenters. The Labute approximate surface area is 121 Å². The van der Waals surface area contributed by atoms with E-state index in [9.17, 15) is 9.59 Å². The number of hydrogen-bond acceptors (Lipinski definition) is 6. The Kier molecular flexibility index (Phi) is 4.02. The summed E-state index contributed by atoms with van der Waals surface area (Å²) in [4.78, 5) is 29.3. The zero-order valence-corrected chi connectivity index (χ0v) is 11.9. The summed E-state index contributed by atoms with van der Waals surface area (Å²) < 4.78 is 5.13. The van der Waals surface area contributed by atoms with Crippen LogP contribution in [-0.4, -0.2) is 32.7 Å². The molecule has 0 fully saturated rings. The molecule has 2 aromatic rings. The minimum atomic E-state index is -0.637. The third kappa shape index (κ3) is 4.13. The molecule has 0 radical (unpaired) electrons. The van der Waals surface area contributed by atoms with E-state index in [1.54, 1.807) is 51.1 Å². The number of aromatic nitrogens is 3. The highest BCUT2D eigenvalue weighted by atomic mass is 16.7. The zero-order valence-electron chi connectivity index (χ0n) is 11.9. The van der Waals surface area contributed by atoms with E-state index in [1.807, 2.05) is 0 Å². The molecule has 0 bridgehead atoms. The second-order valence-electron chi connectivity index (χ2n) is 5.25. The molecule has 0 aliphatic heterocycles. The average Bonchev–Trinajstić information content (AvgIpc) is 2.86. The van der Waals surface area contributed by atoms with E-state index < -0.39 is 17.5 Å². The smallest absolute Gasteiger partial charge is 0.365 e. The van der Waals surface area contributed by atoms with E-state index >= 15 is 0 Å². The van der Waals surface area contributed by atoms with Gasteiger partial charge < -0.3 is 9.57 Å². The fourth-order valence-corrected chi connectivity index (χ4v) is 1.43. The lowest BCUT2D eigenvalue weighted by molar-refractivity contribution is 0.00610. The maximum Gasteiger partial charge on any atom is 0.365 e. The van der Waals surface area contributed by atoms with Crippen molar-refractivity contribution < 1.29 is 19.2 Å². The molecular weight excluding hydrogens is 274 g/mol. The summed E-state index contributed by atoms with van der Waals surface area (Å²) in [6, 6.07) is 8.42. The topological polar surface area (TPSA) is 83.3 Å². The van der Waals surface area contributed by atoms with E-state index in [1.165, 1.54) is 6.20 Å². The van der Waals surface area contributed by atoms with Crippen molar-refractivity contribution in [2.75, 3.05) is 0 Å². The highest BCUT2D eigenvalue weighted by Crippen LogP contribution is 2.10. The molecule has 0 unspecified atom stereocenters. The number of carbonyl (C=O) groups excluding carboxylic acids is 2. The Morgan fingerprint density at radius 3 is 2.38 bits per heavy atom. The molecule has 1 heterocycles. The second-order valence-corrected chi connectivity index (χ2v) is 5.25. The number of rotatable bonds is 3. The molecule has 0 N–H and O–H groups in total. The molecule has 0 saturated heterocycles. The molecule has 0 aliphatic carbocycles. The van der Waals surface area contributed by atoms with Gasteiger partial charge >= 0.3 is 11.9 Å². The molecule has 7 nitrogen and oxygen atoms in total. The average molecular weight is 289 g/mol. The van der Waals surface area contributed by atoms with Crippen LogP contribution in [0.5, 0.6) is 0 Å². The minimum Gasteiger partial charge on any atom is -0.455 e. The largest absolute Gasteiger partial charge is 0.455 e. The van der Waals surface area contributed by atoms with Crippen LogP contribution in [0.2, 0.25) is 0 Å². The van der Waals surface area contributed by atoms with Crippen molar-refractivity contribution in [3.63, 3.8) is 0 Å². The van der Waals surface area contributed by atoms with Crippen molar-refractivity contribution in [3.05, 3.63) is 47.8 Å². The first-order valence-corrected chi connectivity index (χ1v) is 6.28. The van der Waals surface area contributed by atoms with Crippen LogP contribution in [0, 0.1) is 0 Å². The SMILES string of the molecule is CC(C)(C)OC(=O)c1cn(OC(=O)c2ccccc2)nn1. The Balaban J connectivity index is 2.04. The van der Waals surface area contributed by atoms with Crippen LogP contribution in [0.1, 0.15) is 41.6 Å². The van der Waals surface area contributed by atoms with Crippen molar-refractivity contribution in [2.24, 2.45) is 0 Å². The molecular formula is C14H15N3O4. The maximum atomic E-state index is 11.8. The van der Waals surface area contributed by atoms with Crippen LogP contribution in [0.4, 0.5) is 0 Å². The standard InChI is InChI=1S/C14H15N3O4/c1-14(2,3)20-13(19)11-9-17(16-15-11)21-12(18)10-7-5-4-6-8-10/h4-9H,1-3H3. The van der Waals surface area contributed by atoms with Gasteiger partial charge in [0.1, 0.15) is 11.8 Å². The third-order valence-electron chi connectivity index (χ3n) is 2.27. The lowest BCUT2D eigenvalue weighted by atomic mass is 10.2. The van der Waals surface area contributed by atoms with Crippen molar-refractivity contribution in [2.45, 2.75) is 26.4 Å². The van der Waals surface area contributed by atoms with E-state index in [4.69, 9.17) is 9.57 Å². The summed E-state index contributed by atoms with van der Waals surface area (Å²) in [5, 5.41) is 7.16. The number of esters is 1. The Hall–Kier alpha value is -2.70. The first kappa shape index (κ1) is 14.7. The van der Waals surface area contributed by atoms with Gasteiger partial charge in [-0.3, -0.25) is 0 Å². The summed E-state index contributed by atoms with van der Waals surface area (Å²) in [7, 11) is 0. The highest BCUT2D eigenvalue weighted by Gasteiger charge is 2.21. The molecule has 7 heteroatoms. The van der Waals surface area contributed by atoms with Crippen LogP contribution < -0.4 is 4.84 Å². The molecule has 1 aromatic carbocycles. The van der Waals surface area contributed by atoms with Gasteiger partial charge in [-0.1, -0.05) is 23.0 Å². The van der Waals surface area contributed by atoms with Crippen LogP contribution >= 0.6 is 0 Å². The fraction of sp³-hybridized carbons (Fsp3) is 0.286. The summed E-state index contributed by atoms with van der Waals surface area (Å²) in [5.41, 5.74) is -0.306. The number of hydrogen-bond donors (Lipinski definition) is 0. The Morgan fingerprint density at radius 1 is 1.10 bits per heavy atom. The van der Waals surface area contributed by atoms with Crippen LogP contribution in [0.3, 0.4) is 0 Å². The monoisotopic (exact) mass is 289 g/mol. The van der Waals surface area contributed by atoms with Crippen molar-refractivity contribution in [1.82, 2.24) is 15.2 Å². The van der Waals surface area contributed by atoms with Gasteiger partial charge in [0.2, 0.25) is 0 Å². The van der Waals surface area contributed by atoms with E-state index in [2.05, 4.69) is 10.3 Å². The van der Waals surface area contributed by atoms with E-state index in [-0.39, 0.29) is 5.69 Å². The predicted octanol–water partition coefficient (Wildman–Crippen LogP) is 1.50. The Morgan fingerprint density at radius 2 is 1.76 bits per heavy atom. The molecule has 0 saturated carbocycles. The lowest BCUT2D eigenvalue weighted by Gasteiger charge is -2.18. The van der Waals surface area contributed by atoms with Crippen molar-refractivity contribution in [1.29, 1.82) is 0 Å². The van der Waals surface area contributed by atoms with Crippen LogP contribution in [0.15, 0.2) is 36.5 Å². The maximum absolute atomic E-state index is 11.8. The minimum absolute atomic E-state index is 0.0363. The zero-order chi connectivity index (χ0) is 15.5. The molecule has 0 aliphatic rings. The molecule has 110 valence electrons. The van der Waals surface area contributed by atoms with Gasteiger partial charge in [0.05, 0.1) is 5.56 Å². The normalized spacial score (nSPS) is 11.0. The lowest BCUT2D eigenvalue weighted by Crippen LogP contribution is -2.24. The van der Waals surface area contributed by atoms with Crippen molar-refractivity contribution >= 4 is 11.9 Å². The molecule has 0 amide bonds. The number of benzene rings is 1. The van der Waals surface area contributed by atoms with Gasteiger partial charge in [-0.05, 0) is 38.1 Å². The molecule has 21 heavy (non-hydrogen) atoms. The van der Waals surface area contributed by atoms with E-state index in [0.29, 0.717) is 5.56 Å². The van der Waals surface area contributed by atoms with Gasteiger partial charge in [-0.2, -0.15) is 0 Å². The number of ether oxygens (including phenoxy) is 1. The molecule has 0 spiro atoms. The second kappa shape index (κ2) is 5.74. The summed E-state index contributed by atoms with van der Waals surface area (Å²) in [6.45, 7) is 5.22. The predicted molar refractivity (Wildman–Crippen MR) is 72.5 cm³/mol. The quantitative estimate of drug-likeness (QED) is 0.629. The third-order valence-corrected chi connectivity index (χ3v) is 2.27. The van der Waals surface area contributed by atoms with Crippen LogP contribution in [-0.2, 0) is 4.74 Å².